The third kappa shape index (κ3) is 3.20. The van der Waals surface area contributed by atoms with Crippen molar-refractivity contribution in [3.05, 3.63) is 24.0 Å². The van der Waals surface area contributed by atoms with Crippen LogP contribution in [0.15, 0.2) is 23.1 Å². The summed E-state index contributed by atoms with van der Waals surface area (Å²) in [6, 6.07) is 3.37. The molecule has 0 aliphatic carbocycles. The lowest BCUT2D eigenvalue weighted by Crippen LogP contribution is -2.27. The minimum atomic E-state index is -3.55. The quantitative estimate of drug-likeness (QED) is 0.852. The van der Waals surface area contributed by atoms with Crippen molar-refractivity contribution in [2.24, 2.45) is 0 Å². The highest BCUT2D eigenvalue weighted by atomic mass is 32.2. The topological polar surface area (TPSA) is 69.4 Å². The molecule has 0 radical (unpaired) electrons. The Balaban J connectivity index is 2.19. The summed E-state index contributed by atoms with van der Waals surface area (Å²) in [4.78, 5) is -0.0748. The standard InChI is InChI=1S/C12H16FNO3S/c13-9-5-10(14)7-12(6-9)18(15,16)8-11-3-1-2-4-17-11/h5-7,11H,1-4,8,14H2. The first-order valence-electron chi connectivity index (χ1n) is 5.88. The van der Waals surface area contributed by atoms with Gasteiger partial charge in [0.25, 0.3) is 0 Å². The molecule has 0 amide bonds. The lowest BCUT2D eigenvalue weighted by atomic mass is 10.1. The van der Waals surface area contributed by atoms with Gasteiger partial charge in [0.1, 0.15) is 5.82 Å². The first-order chi connectivity index (χ1) is 8.47. The highest BCUT2D eigenvalue weighted by Crippen LogP contribution is 2.21. The van der Waals surface area contributed by atoms with Crippen LogP contribution in [0.25, 0.3) is 0 Å². The van der Waals surface area contributed by atoms with E-state index >= 15 is 0 Å². The van der Waals surface area contributed by atoms with E-state index in [0.29, 0.717) is 6.61 Å². The zero-order valence-corrected chi connectivity index (χ0v) is 10.7. The first kappa shape index (κ1) is 13.3. The fourth-order valence-corrected chi connectivity index (χ4v) is 3.60. The first-order valence-corrected chi connectivity index (χ1v) is 7.53. The smallest absolute Gasteiger partial charge is 0.181 e. The summed E-state index contributed by atoms with van der Waals surface area (Å²) in [5.74, 6) is -0.756. The Morgan fingerprint density at radius 1 is 1.33 bits per heavy atom. The second kappa shape index (κ2) is 5.24. The molecule has 1 atom stereocenters. The van der Waals surface area contributed by atoms with Gasteiger partial charge in [0.05, 0.1) is 16.8 Å². The molecule has 0 aromatic heterocycles. The van der Waals surface area contributed by atoms with E-state index in [1.165, 1.54) is 6.07 Å². The predicted octanol–water partition coefficient (Wildman–Crippen LogP) is 1.75. The molecule has 1 saturated heterocycles. The lowest BCUT2D eigenvalue weighted by molar-refractivity contribution is 0.0305. The molecule has 0 spiro atoms. The van der Waals surface area contributed by atoms with Gasteiger partial charge in [-0.2, -0.15) is 0 Å². The number of ether oxygens (including phenoxy) is 1. The van der Waals surface area contributed by atoms with E-state index in [-0.39, 0.29) is 22.4 Å². The van der Waals surface area contributed by atoms with E-state index in [0.717, 1.165) is 31.4 Å². The van der Waals surface area contributed by atoms with Gasteiger partial charge < -0.3 is 10.5 Å². The molecule has 1 heterocycles. The fourth-order valence-electron chi connectivity index (χ4n) is 2.04. The number of rotatable bonds is 3. The molecule has 18 heavy (non-hydrogen) atoms. The number of anilines is 1. The number of hydrogen-bond donors (Lipinski definition) is 1. The molecule has 1 aliphatic rings. The van der Waals surface area contributed by atoms with Gasteiger partial charge in [-0.1, -0.05) is 0 Å². The summed E-state index contributed by atoms with van der Waals surface area (Å²) in [6.45, 7) is 0.589. The number of nitrogens with two attached hydrogens (primary N) is 1. The summed E-state index contributed by atoms with van der Waals surface area (Å²) in [5, 5.41) is 0. The molecule has 2 rings (SSSR count). The number of nitrogen functional groups attached to an aromatic ring is 1. The van der Waals surface area contributed by atoms with Gasteiger partial charge in [-0.25, -0.2) is 12.8 Å². The minimum Gasteiger partial charge on any atom is -0.399 e. The van der Waals surface area contributed by atoms with E-state index in [1.807, 2.05) is 0 Å². The van der Waals surface area contributed by atoms with Gasteiger partial charge in [0.15, 0.2) is 9.84 Å². The number of hydrogen-bond acceptors (Lipinski definition) is 4. The Kier molecular flexibility index (Phi) is 3.87. The van der Waals surface area contributed by atoms with E-state index in [4.69, 9.17) is 10.5 Å². The van der Waals surface area contributed by atoms with Crippen molar-refractivity contribution in [2.75, 3.05) is 18.1 Å². The van der Waals surface area contributed by atoms with Crippen molar-refractivity contribution >= 4 is 15.5 Å². The summed E-state index contributed by atoms with van der Waals surface area (Å²) in [7, 11) is -3.55. The second-order valence-electron chi connectivity index (χ2n) is 4.49. The fraction of sp³-hybridized carbons (Fsp3) is 0.500. The molecule has 0 saturated carbocycles. The van der Waals surface area contributed by atoms with Crippen LogP contribution in [0.5, 0.6) is 0 Å². The minimum absolute atomic E-state index is 0.0748. The summed E-state index contributed by atoms with van der Waals surface area (Å²) < 4.78 is 42.8. The third-order valence-corrected chi connectivity index (χ3v) is 4.70. The van der Waals surface area contributed by atoms with Crippen molar-refractivity contribution < 1.29 is 17.5 Å². The number of benzene rings is 1. The van der Waals surface area contributed by atoms with E-state index in [2.05, 4.69) is 0 Å². The van der Waals surface area contributed by atoms with Crippen LogP contribution in [0.3, 0.4) is 0 Å². The van der Waals surface area contributed by atoms with Crippen LogP contribution >= 0.6 is 0 Å². The summed E-state index contributed by atoms with van der Waals surface area (Å²) in [5.41, 5.74) is 5.56. The Hall–Kier alpha value is -1.14. The van der Waals surface area contributed by atoms with Crippen LogP contribution in [0, 0.1) is 5.82 Å². The van der Waals surface area contributed by atoms with Gasteiger partial charge in [-0.3, -0.25) is 0 Å². The highest BCUT2D eigenvalue weighted by molar-refractivity contribution is 7.91. The molecule has 1 aromatic carbocycles. The van der Waals surface area contributed by atoms with Crippen LogP contribution < -0.4 is 5.73 Å². The maximum absolute atomic E-state index is 13.2. The summed E-state index contributed by atoms with van der Waals surface area (Å²) in [6.07, 6.45) is 2.35. The van der Waals surface area contributed by atoms with E-state index < -0.39 is 15.7 Å². The molecule has 1 aromatic rings. The molecular weight excluding hydrogens is 257 g/mol. The van der Waals surface area contributed by atoms with Crippen LogP contribution in [0.2, 0.25) is 0 Å². The molecule has 100 valence electrons. The average molecular weight is 273 g/mol. The van der Waals surface area contributed by atoms with Gasteiger partial charge in [0.2, 0.25) is 0 Å². The molecular formula is C12H16FNO3S. The molecule has 1 unspecified atom stereocenters. The van der Waals surface area contributed by atoms with Gasteiger partial charge in [-0.15, -0.1) is 0 Å². The van der Waals surface area contributed by atoms with Gasteiger partial charge >= 0.3 is 0 Å². The van der Waals surface area contributed by atoms with E-state index in [1.54, 1.807) is 0 Å². The maximum Gasteiger partial charge on any atom is 0.181 e. The maximum atomic E-state index is 13.2. The largest absolute Gasteiger partial charge is 0.399 e. The van der Waals surface area contributed by atoms with Gasteiger partial charge in [-0.05, 0) is 37.5 Å². The monoisotopic (exact) mass is 273 g/mol. The van der Waals surface area contributed by atoms with Crippen molar-refractivity contribution in [3.63, 3.8) is 0 Å². The zero-order chi connectivity index (χ0) is 13.2. The number of sulfone groups is 1. The predicted molar refractivity (Wildman–Crippen MR) is 66.5 cm³/mol. The zero-order valence-electron chi connectivity index (χ0n) is 9.93. The lowest BCUT2D eigenvalue weighted by Gasteiger charge is -2.22. The second-order valence-corrected chi connectivity index (χ2v) is 6.52. The summed E-state index contributed by atoms with van der Waals surface area (Å²) >= 11 is 0. The van der Waals surface area contributed by atoms with Crippen molar-refractivity contribution in [3.8, 4) is 0 Å². The Bertz CT molecular complexity index is 504. The van der Waals surface area contributed by atoms with E-state index in [9.17, 15) is 12.8 Å². The van der Waals surface area contributed by atoms with Crippen molar-refractivity contribution in [1.82, 2.24) is 0 Å². The van der Waals surface area contributed by atoms with Gasteiger partial charge in [0, 0.05) is 12.3 Å². The van der Waals surface area contributed by atoms with Crippen LogP contribution in [-0.4, -0.2) is 26.9 Å². The third-order valence-electron chi connectivity index (χ3n) is 2.93. The molecule has 1 aliphatic heterocycles. The van der Waals surface area contributed by atoms with Crippen molar-refractivity contribution in [1.29, 1.82) is 0 Å². The van der Waals surface area contributed by atoms with Crippen LogP contribution in [-0.2, 0) is 14.6 Å². The molecule has 1 fully saturated rings. The average Bonchev–Trinajstić information content (AvgIpc) is 2.28. The van der Waals surface area contributed by atoms with Crippen molar-refractivity contribution in [2.45, 2.75) is 30.3 Å². The molecule has 4 nitrogen and oxygen atoms in total. The molecule has 0 bridgehead atoms. The molecule has 2 N–H and O–H groups in total. The van der Waals surface area contributed by atoms with Crippen LogP contribution in [0.1, 0.15) is 19.3 Å². The highest BCUT2D eigenvalue weighted by Gasteiger charge is 2.24. The SMILES string of the molecule is Nc1cc(F)cc(S(=O)(=O)CC2CCCCO2)c1. The number of halogens is 1. The normalized spacial score (nSPS) is 20.8. The Morgan fingerprint density at radius 2 is 2.11 bits per heavy atom. The molecule has 6 heteroatoms. The Labute approximate surface area is 106 Å². The Morgan fingerprint density at radius 3 is 2.72 bits per heavy atom. The van der Waals surface area contributed by atoms with Crippen LogP contribution in [0.4, 0.5) is 10.1 Å².